The highest BCUT2D eigenvalue weighted by Crippen LogP contribution is 2.29. The van der Waals surface area contributed by atoms with Crippen LogP contribution in [0, 0.1) is 0 Å². The summed E-state index contributed by atoms with van der Waals surface area (Å²) in [7, 11) is 1.66. The molecule has 0 aliphatic carbocycles. The molecule has 1 aliphatic rings. The van der Waals surface area contributed by atoms with Crippen LogP contribution in [0.15, 0.2) is 71.4 Å². The number of hydrogen-bond acceptors (Lipinski definition) is 4. The van der Waals surface area contributed by atoms with Gasteiger partial charge in [0, 0.05) is 43.0 Å². The van der Waals surface area contributed by atoms with Crippen LogP contribution < -0.4 is 9.64 Å². The maximum atomic E-state index is 13.5. The molecular formula is C24H26N2O2S. The fraction of sp³-hybridized carbons (Fsp3) is 0.292. The molecule has 4 rings (SSSR count). The Labute approximate surface area is 176 Å². The maximum absolute atomic E-state index is 13.5. The molecule has 2 heterocycles. The Hall–Kier alpha value is -2.63. The summed E-state index contributed by atoms with van der Waals surface area (Å²) in [4.78, 5) is 17.9. The number of amides is 1. The third-order valence-electron chi connectivity index (χ3n) is 5.48. The highest BCUT2D eigenvalue weighted by atomic mass is 32.1. The second-order valence-electron chi connectivity index (χ2n) is 7.38. The van der Waals surface area contributed by atoms with Crippen LogP contribution in [0.1, 0.15) is 28.8 Å². The first-order valence-corrected chi connectivity index (χ1v) is 10.9. The van der Waals surface area contributed by atoms with E-state index in [0.717, 1.165) is 49.5 Å². The van der Waals surface area contributed by atoms with Crippen molar-refractivity contribution in [1.82, 2.24) is 4.90 Å². The molecule has 0 N–H and O–H groups in total. The molecule has 2 aromatic carbocycles. The van der Waals surface area contributed by atoms with Crippen molar-refractivity contribution in [3.05, 3.63) is 82.6 Å². The van der Waals surface area contributed by atoms with Crippen LogP contribution in [0.4, 0.5) is 5.69 Å². The molecule has 0 spiro atoms. The van der Waals surface area contributed by atoms with Gasteiger partial charge < -0.3 is 9.64 Å². The number of carbonyl (C=O) groups excluding carboxylic acids is 1. The predicted molar refractivity (Wildman–Crippen MR) is 119 cm³/mol. The minimum Gasteiger partial charge on any atom is -0.497 e. The van der Waals surface area contributed by atoms with Gasteiger partial charge in [-0.3, -0.25) is 9.69 Å². The van der Waals surface area contributed by atoms with Crippen molar-refractivity contribution >= 4 is 22.9 Å². The molecule has 1 fully saturated rings. The first-order valence-electron chi connectivity index (χ1n) is 10.0. The van der Waals surface area contributed by atoms with Gasteiger partial charge in [-0.05, 0) is 59.5 Å². The number of methoxy groups -OCH3 is 1. The number of rotatable bonds is 6. The van der Waals surface area contributed by atoms with Crippen molar-refractivity contribution in [2.45, 2.75) is 25.4 Å². The Morgan fingerprint density at radius 3 is 2.59 bits per heavy atom. The Bertz CT molecular complexity index is 919. The molecule has 0 bridgehead atoms. The third kappa shape index (κ3) is 4.69. The van der Waals surface area contributed by atoms with E-state index in [1.807, 2.05) is 59.5 Å². The normalized spacial score (nSPS) is 15.2. The molecule has 0 unspecified atom stereocenters. The number of benzene rings is 2. The van der Waals surface area contributed by atoms with Gasteiger partial charge in [0.05, 0.1) is 7.11 Å². The summed E-state index contributed by atoms with van der Waals surface area (Å²) in [5, 5.41) is 4.35. The van der Waals surface area contributed by atoms with E-state index < -0.39 is 0 Å². The minimum atomic E-state index is 0.0511. The van der Waals surface area contributed by atoms with Crippen molar-refractivity contribution < 1.29 is 9.53 Å². The number of likely N-dealkylation sites (tertiary alicyclic amines) is 1. The molecule has 0 saturated carbocycles. The van der Waals surface area contributed by atoms with Crippen LogP contribution in [0.5, 0.6) is 5.75 Å². The van der Waals surface area contributed by atoms with E-state index >= 15 is 0 Å². The predicted octanol–water partition coefficient (Wildman–Crippen LogP) is 5.07. The lowest BCUT2D eigenvalue weighted by molar-refractivity contribution is 0.0958. The van der Waals surface area contributed by atoms with E-state index in [4.69, 9.17) is 4.74 Å². The lowest BCUT2D eigenvalue weighted by Gasteiger charge is -2.38. The standard InChI is InChI=1S/C24H26N2O2S/c1-28-23-9-5-8-22(16-23)26(24(27)20-6-3-2-4-7-20)21-10-13-25(14-11-21)17-19-12-15-29-18-19/h2-9,12,15-16,18,21H,10-11,13-14,17H2,1H3. The van der Waals surface area contributed by atoms with Crippen LogP contribution in [0.3, 0.4) is 0 Å². The molecule has 0 atom stereocenters. The van der Waals surface area contributed by atoms with Gasteiger partial charge in [-0.15, -0.1) is 0 Å². The van der Waals surface area contributed by atoms with Gasteiger partial charge in [-0.25, -0.2) is 0 Å². The summed E-state index contributed by atoms with van der Waals surface area (Å²) in [5.41, 5.74) is 2.99. The first kappa shape index (κ1) is 19.7. The van der Waals surface area contributed by atoms with E-state index in [0.29, 0.717) is 0 Å². The van der Waals surface area contributed by atoms with Crippen molar-refractivity contribution in [3.8, 4) is 5.75 Å². The second kappa shape index (κ2) is 9.25. The van der Waals surface area contributed by atoms with Crippen LogP contribution >= 0.6 is 11.3 Å². The lowest BCUT2D eigenvalue weighted by atomic mass is 10.00. The van der Waals surface area contributed by atoms with Gasteiger partial charge in [0.25, 0.3) is 5.91 Å². The van der Waals surface area contributed by atoms with Gasteiger partial charge in [-0.2, -0.15) is 11.3 Å². The summed E-state index contributed by atoms with van der Waals surface area (Å²) in [6, 6.07) is 19.7. The summed E-state index contributed by atoms with van der Waals surface area (Å²) in [5.74, 6) is 0.818. The molecule has 1 aromatic heterocycles. The average Bonchev–Trinajstić information content (AvgIpc) is 3.29. The number of anilines is 1. The number of thiophene rings is 1. The largest absolute Gasteiger partial charge is 0.497 e. The Morgan fingerprint density at radius 2 is 1.90 bits per heavy atom. The molecule has 4 nitrogen and oxygen atoms in total. The zero-order chi connectivity index (χ0) is 20.1. The van der Waals surface area contributed by atoms with E-state index in [-0.39, 0.29) is 11.9 Å². The van der Waals surface area contributed by atoms with Crippen LogP contribution in [-0.2, 0) is 6.54 Å². The Balaban J connectivity index is 1.55. The van der Waals surface area contributed by atoms with Gasteiger partial charge >= 0.3 is 0 Å². The molecule has 29 heavy (non-hydrogen) atoms. The van der Waals surface area contributed by atoms with E-state index in [2.05, 4.69) is 21.7 Å². The van der Waals surface area contributed by atoms with Gasteiger partial charge in [0.15, 0.2) is 0 Å². The second-order valence-corrected chi connectivity index (χ2v) is 8.16. The summed E-state index contributed by atoms with van der Waals surface area (Å²) in [6.45, 7) is 2.97. The molecule has 1 amide bonds. The minimum absolute atomic E-state index is 0.0511. The fourth-order valence-electron chi connectivity index (χ4n) is 3.95. The Kier molecular flexibility index (Phi) is 6.27. The van der Waals surface area contributed by atoms with Crippen molar-refractivity contribution in [1.29, 1.82) is 0 Å². The van der Waals surface area contributed by atoms with Crippen molar-refractivity contribution in [2.24, 2.45) is 0 Å². The average molecular weight is 407 g/mol. The van der Waals surface area contributed by atoms with E-state index in [1.54, 1.807) is 18.4 Å². The third-order valence-corrected chi connectivity index (χ3v) is 6.21. The molecule has 1 aliphatic heterocycles. The smallest absolute Gasteiger partial charge is 0.258 e. The number of hydrogen-bond donors (Lipinski definition) is 0. The van der Waals surface area contributed by atoms with Gasteiger partial charge in [0.1, 0.15) is 5.75 Å². The molecule has 0 radical (unpaired) electrons. The summed E-state index contributed by atoms with van der Waals surface area (Å²) >= 11 is 1.74. The van der Waals surface area contributed by atoms with Crippen LogP contribution in [-0.4, -0.2) is 37.0 Å². The molecule has 3 aromatic rings. The molecule has 1 saturated heterocycles. The molecule has 150 valence electrons. The first-order chi connectivity index (χ1) is 14.2. The zero-order valence-electron chi connectivity index (χ0n) is 16.7. The van der Waals surface area contributed by atoms with Crippen molar-refractivity contribution in [2.75, 3.05) is 25.1 Å². The molecular weight excluding hydrogens is 380 g/mol. The van der Waals surface area contributed by atoms with E-state index in [1.165, 1.54) is 5.56 Å². The highest BCUT2D eigenvalue weighted by molar-refractivity contribution is 7.07. The van der Waals surface area contributed by atoms with Gasteiger partial charge in [-0.1, -0.05) is 24.3 Å². The molecule has 5 heteroatoms. The van der Waals surface area contributed by atoms with Crippen molar-refractivity contribution in [3.63, 3.8) is 0 Å². The topological polar surface area (TPSA) is 32.8 Å². The number of carbonyl (C=O) groups is 1. The number of ether oxygens (including phenoxy) is 1. The highest BCUT2D eigenvalue weighted by Gasteiger charge is 2.30. The van der Waals surface area contributed by atoms with Crippen LogP contribution in [0.2, 0.25) is 0 Å². The van der Waals surface area contributed by atoms with E-state index in [9.17, 15) is 4.79 Å². The zero-order valence-corrected chi connectivity index (χ0v) is 17.5. The number of piperidine rings is 1. The lowest BCUT2D eigenvalue weighted by Crippen LogP contribution is -2.47. The number of nitrogens with zero attached hydrogens (tertiary/aromatic N) is 2. The summed E-state index contributed by atoms with van der Waals surface area (Å²) < 4.78 is 5.41. The fourth-order valence-corrected chi connectivity index (χ4v) is 4.61. The van der Waals surface area contributed by atoms with Crippen LogP contribution in [0.25, 0.3) is 0 Å². The summed E-state index contributed by atoms with van der Waals surface area (Å²) in [6.07, 6.45) is 1.92. The SMILES string of the molecule is COc1cccc(N(C(=O)c2ccccc2)C2CCN(Cc3ccsc3)CC2)c1. The Morgan fingerprint density at radius 1 is 1.10 bits per heavy atom. The van der Waals surface area contributed by atoms with Gasteiger partial charge in [0.2, 0.25) is 0 Å². The maximum Gasteiger partial charge on any atom is 0.258 e. The monoisotopic (exact) mass is 406 g/mol. The quantitative estimate of drug-likeness (QED) is 0.573.